The molecule has 1 aliphatic heterocycles. The SMILES string of the molecule is Cc1cccc(C)c1-c1cc2nc(n1)NS(=O)(=O)c1cccc(c1)C(=O)N[C@H](CC(C)C)CO2. The molecule has 4 bridgehead atoms. The van der Waals surface area contributed by atoms with Gasteiger partial charge in [-0.2, -0.15) is 4.98 Å². The summed E-state index contributed by atoms with van der Waals surface area (Å²) in [5.74, 6) is 0.0717. The van der Waals surface area contributed by atoms with Crippen LogP contribution < -0.4 is 14.8 Å². The molecular formula is C25H28N4O4S. The molecule has 1 aromatic heterocycles. The average molecular weight is 481 g/mol. The fraction of sp³-hybridized carbons (Fsp3) is 0.320. The van der Waals surface area contributed by atoms with Crippen molar-refractivity contribution in [2.45, 2.75) is 45.1 Å². The van der Waals surface area contributed by atoms with Gasteiger partial charge in [0.15, 0.2) is 0 Å². The molecule has 2 N–H and O–H groups in total. The Hall–Kier alpha value is -3.46. The summed E-state index contributed by atoms with van der Waals surface area (Å²) in [4.78, 5) is 21.6. The number of carbonyl (C=O) groups is 1. The Morgan fingerprint density at radius 2 is 1.76 bits per heavy atom. The first-order valence-corrected chi connectivity index (χ1v) is 12.6. The molecule has 0 aliphatic carbocycles. The first-order chi connectivity index (χ1) is 16.1. The molecule has 34 heavy (non-hydrogen) atoms. The third-order valence-electron chi connectivity index (χ3n) is 5.60. The lowest BCUT2D eigenvalue weighted by Gasteiger charge is -2.21. The molecule has 0 saturated carbocycles. The number of hydrogen-bond donors (Lipinski definition) is 2. The first-order valence-electron chi connectivity index (χ1n) is 11.1. The van der Waals surface area contributed by atoms with Crippen molar-refractivity contribution < 1.29 is 17.9 Å². The van der Waals surface area contributed by atoms with Crippen molar-refractivity contribution in [2.75, 3.05) is 11.3 Å². The van der Waals surface area contributed by atoms with Crippen molar-refractivity contribution in [3.05, 3.63) is 65.2 Å². The number of rotatable bonds is 3. The van der Waals surface area contributed by atoms with Crippen molar-refractivity contribution in [3.63, 3.8) is 0 Å². The summed E-state index contributed by atoms with van der Waals surface area (Å²) in [6.45, 7) is 8.24. The molecular weight excluding hydrogens is 452 g/mol. The lowest BCUT2D eigenvalue weighted by molar-refractivity contribution is 0.0913. The normalized spacial score (nSPS) is 17.4. The smallest absolute Gasteiger partial charge is 0.264 e. The highest BCUT2D eigenvalue weighted by Crippen LogP contribution is 2.29. The fourth-order valence-corrected chi connectivity index (χ4v) is 5.06. The molecule has 2 aromatic carbocycles. The van der Waals surface area contributed by atoms with Crippen LogP contribution in [-0.4, -0.2) is 36.9 Å². The number of sulfonamides is 1. The summed E-state index contributed by atoms with van der Waals surface area (Å²) in [6, 6.07) is 13.2. The molecule has 0 radical (unpaired) electrons. The lowest BCUT2D eigenvalue weighted by atomic mass is 10.00. The number of benzene rings is 2. The highest BCUT2D eigenvalue weighted by molar-refractivity contribution is 7.92. The van der Waals surface area contributed by atoms with E-state index in [-0.39, 0.29) is 40.8 Å². The predicted molar refractivity (Wildman–Crippen MR) is 130 cm³/mol. The second-order valence-corrected chi connectivity index (χ2v) is 10.6. The third kappa shape index (κ3) is 5.20. The number of hydrogen-bond acceptors (Lipinski definition) is 6. The molecule has 0 fully saturated rings. The molecule has 1 aliphatic rings. The van der Waals surface area contributed by atoms with E-state index in [0.717, 1.165) is 16.7 Å². The number of aryl methyl sites for hydroxylation is 2. The standard InChI is InChI=1S/C25H28N4O4S/c1-15(2)11-19-14-33-22-13-21(23-16(3)7-5-8-17(23)4)27-25(28-22)29-34(31,32)20-10-6-9-18(12-20)24(30)26-19/h5-10,12-13,15,19H,11,14H2,1-4H3,(H,26,30)(H,27,28,29)/t19-/m1/s1. The van der Waals surface area contributed by atoms with Crippen LogP contribution in [0, 0.1) is 19.8 Å². The summed E-state index contributed by atoms with van der Waals surface area (Å²) in [6.07, 6.45) is 0.684. The van der Waals surface area contributed by atoms with E-state index >= 15 is 0 Å². The molecule has 4 rings (SSSR count). The van der Waals surface area contributed by atoms with Gasteiger partial charge in [0.1, 0.15) is 6.61 Å². The maximum absolute atomic E-state index is 13.1. The van der Waals surface area contributed by atoms with Crippen LogP contribution >= 0.6 is 0 Å². The summed E-state index contributed by atoms with van der Waals surface area (Å²) >= 11 is 0. The number of amides is 1. The predicted octanol–water partition coefficient (Wildman–Crippen LogP) is 4.10. The van der Waals surface area contributed by atoms with Gasteiger partial charge in [0.2, 0.25) is 11.8 Å². The maximum Gasteiger partial charge on any atom is 0.264 e. The molecule has 1 amide bonds. The minimum Gasteiger partial charge on any atom is -0.475 e. The Balaban J connectivity index is 1.85. The molecule has 1 atom stereocenters. The zero-order valence-electron chi connectivity index (χ0n) is 19.6. The van der Waals surface area contributed by atoms with Gasteiger partial charge in [-0.25, -0.2) is 18.1 Å². The maximum atomic E-state index is 13.1. The van der Waals surface area contributed by atoms with Crippen molar-refractivity contribution >= 4 is 21.9 Å². The summed E-state index contributed by atoms with van der Waals surface area (Å²) in [5, 5.41) is 2.97. The minimum atomic E-state index is -4.04. The molecule has 2 heterocycles. The van der Waals surface area contributed by atoms with E-state index in [9.17, 15) is 13.2 Å². The van der Waals surface area contributed by atoms with Crippen LogP contribution in [0.15, 0.2) is 53.4 Å². The van der Waals surface area contributed by atoms with Crippen molar-refractivity contribution in [2.24, 2.45) is 5.92 Å². The molecule has 3 aromatic rings. The van der Waals surface area contributed by atoms with Gasteiger partial charge in [-0.3, -0.25) is 4.79 Å². The Bertz CT molecular complexity index is 1320. The fourth-order valence-electron chi connectivity index (χ4n) is 4.07. The Morgan fingerprint density at radius 1 is 1.06 bits per heavy atom. The van der Waals surface area contributed by atoms with Gasteiger partial charge in [-0.05, 0) is 55.5 Å². The van der Waals surface area contributed by atoms with Gasteiger partial charge in [0, 0.05) is 17.2 Å². The van der Waals surface area contributed by atoms with E-state index in [2.05, 4.69) is 33.9 Å². The zero-order valence-corrected chi connectivity index (χ0v) is 20.4. The van der Waals surface area contributed by atoms with E-state index in [1.807, 2.05) is 32.0 Å². The number of fused-ring (bicyclic) bond motifs is 4. The molecule has 0 saturated heterocycles. The highest BCUT2D eigenvalue weighted by atomic mass is 32.2. The van der Waals surface area contributed by atoms with Crippen molar-refractivity contribution in [1.82, 2.24) is 15.3 Å². The van der Waals surface area contributed by atoms with Crippen molar-refractivity contribution in [3.8, 4) is 17.1 Å². The second kappa shape index (κ2) is 9.42. The van der Waals surface area contributed by atoms with Gasteiger partial charge in [0.05, 0.1) is 16.6 Å². The first kappa shape index (κ1) is 23.7. The van der Waals surface area contributed by atoms with Gasteiger partial charge in [-0.1, -0.05) is 38.1 Å². The molecule has 0 spiro atoms. The molecule has 178 valence electrons. The Morgan fingerprint density at radius 3 is 2.47 bits per heavy atom. The second-order valence-electron chi connectivity index (χ2n) is 8.93. The van der Waals surface area contributed by atoms with Gasteiger partial charge < -0.3 is 10.1 Å². The van der Waals surface area contributed by atoms with Crippen LogP contribution in [0.1, 0.15) is 41.8 Å². The van der Waals surface area contributed by atoms with E-state index < -0.39 is 10.0 Å². The van der Waals surface area contributed by atoms with E-state index in [4.69, 9.17) is 4.74 Å². The number of aromatic nitrogens is 2. The van der Waals surface area contributed by atoms with Crippen LogP contribution in [0.3, 0.4) is 0 Å². The van der Waals surface area contributed by atoms with Gasteiger partial charge in [0.25, 0.3) is 15.9 Å². The number of nitrogens with one attached hydrogen (secondary N) is 2. The van der Waals surface area contributed by atoms with Crippen LogP contribution in [0.2, 0.25) is 0 Å². The van der Waals surface area contributed by atoms with Gasteiger partial charge in [-0.15, -0.1) is 0 Å². The zero-order chi connectivity index (χ0) is 24.5. The van der Waals surface area contributed by atoms with E-state index in [1.165, 1.54) is 18.2 Å². The quantitative estimate of drug-likeness (QED) is 0.584. The average Bonchev–Trinajstić information content (AvgIpc) is 2.76. The van der Waals surface area contributed by atoms with Crippen LogP contribution in [0.4, 0.5) is 5.95 Å². The number of nitrogens with zero attached hydrogens (tertiary/aromatic N) is 2. The van der Waals surface area contributed by atoms with E-state index in [0.29, 0.717) is 18.0 Å². The number of ether oxygens (including phenoxy) is 1. The van der Waals surface area contributed by atoms with Gasteiger partial charge >= 0.3 is 0 Å². The molecule has 0 unspecified atom stereocenters. The Labute approximate surface area is 199 Å². The summed E-state index contributed by atoms with van der Waals surface area (Å²) in [7, 11) is -4.04. The summed E-state index contributed by atoms with van der Waals surface area (Å²) in [5.41, 5.74) is 3.67. The molecule has 8 nitrogen and oxygen atoms in total. The highest BCUT2D eigenvalue weighted by Gasteiger charge is 2.23. The number of anilines is 1. The monoisotopic (exact) mass is 480 g/mol. The van der Waals surface area contributed by atoms with Crippen LogP contribution in [-0.2, 0) is 10.0 Å². The Kier molecular flexibility index (Phi) is 6.56. The van der Waals surface area contributed by atoms with E-state index in [1.54, 1.807) is 12.1 Å². The topological polar surface area (TPSA) is 110 Å². The number of carbonyl (C=O) groups excluding carboxylic acids is 1. The minimum absolute atomic E-state index is 0.0525. The largest absolute Gasteiger partial charge is 0.475 e. The molecule has 9 heteroatoms. The lowest BCUT2D eigenvalue weighted by Crippen LogP contribution is -2.40. The van der Waals surface area contributed by atoms with Crippen LogP contribution in [0.5, 0.6) is 5.88 Å². The van der Waals surface area contributed by atoms with Crippen LogP contribution in [0.25, 0.3) is 11.3 Å². The third-order valence-corrected chi connectivity index (χ3v) is 6.92. The van der Waals surface area contributed by atoms with Crippen molar-refractivity contribution in [1.29, 1.82) is 0 Å². The summed E-state index contributed by atoms with van der Waals surface area (Å²) < 4.78 is 34.7.